The number of amides is 1. The van der Waals surface area contributed by atoms with Crippen LogP contribution in [0, 0.1) is 0 Å². The van der Waals surface area contributed by atoms with E-state index in [2.05, 4.69) is 11.9 Å². The Morgan fingerprint density at radius 2 is 2.13 bits per heavy atom. The minimum Gasteiger partial charge on any atom is -0.444 e. The fraction of sp³-hybridized carbons (Fsp3) is 0.588. The van der Waals surface area contributed by atoms with Gasteiger partial charge in [0.1, 0.15) is 11.4 Å². The highest BCUT2D eigenvalue weighted by Gasteiger charge is 2.40. The molecule has 1 aliphatic heterocycles. The van der Waals surface area contributed by atoms with Gasteiger partial charge in [0, 0.05) is 35.5 Å². The van der Waals surface area contributed by atoms with E-state index in [1.165, 1.54) is 0 Å². The Bertz CT molecular complexity index is 623. The highest BCUT2D eigenvalue weighted by Crippen LogP contribution is 2.36. The number of rotatable bonds is 2. The van der Waals surface area contributed by atoms with E-state index < -0.39 is 5.60 Å². The van der Waals surface area contributed by atoms with Gasteiger partial charge < -0.3 is 26.1 Å². The first-order chi connectivity index (χ1) is 10.5. The van der Waals surface area contributed by atoms with Crippen LogP contribution >= 0.6 is 0 Å². The second-order valence-corrected chi connectivity index (χ2v) is 7.65. The van der Waals surface area contributed by atoms with Gasteiger partial charge in [0.2, 0.25) is 0 Å². The standard InChI is InChI=1S/C17H28N4O2/c1-11(18)8-12-9-13(20-14(12)19)17(5)6-7-21(10-17)15(22)23-16(2,3)4/h8-9,20H,6-7,10,18-19H2,1-5H3/b11-8-. The number of nitrogens with two attached hydrogens (primary N) is 2. The van der Waals surface area contributed by atoms with Gasteiger partial charge in [-0.25, -0.2) is 4.79 Å². The van der Waals surface area contributed by atoms with Crippen LogP contribution in [-0.4, -0.2) is 34.7 Å². The molecule has 1 amide bonds. The lowest BCUT2D eigenvalue weighted by atomic mass is 9.86. The molecule has 0 aliphatic carbocycles. The number of likely N-dealkylation sites (tertiary alicyclic amines) is 1. The van der Waals surface area contributed by atoms with Crippen LogP contribution in [0.3, 0.4) is 0 Å². The molecule has 0 aromatic carbocycles. The lowest BCUT2D eigenvalue weighted by molar-refractivity contribution is 0.0285. The molecule has 0 radical (unpaired) electrons. The van der Waals surface area contributed by atoms with Gasteiger partial charge in [-0.05, 0) is 46.3 Å². The molecule has 0 bridgehead atoms. The van der Waals surface area contributed by atoms with Crippen molar-refractivity contribution in [1.82, 2.24) is 9.88 Å². The predicted octanol–water partition coefficient (Wildman–Crippen LogP) is 2.81. The molecule has 1 saturated heterocycles. The van der Waals surface area contributed by atoms with Crippen LogP contribution in [0.1, 0.15) is 52.3 Å². The maximum Gasteiger partial charge on any atom is 0.410 e. The van der Waals surface area contributed by atoms with Crippen molar-refractivity contribution in [3.05, 3.63) is 23.0 Å². The topological polar surface area (TPSA) is 97.4 Å². The van der Waals surface area contributed by atoms with Crippen molar-refractivity contribution in [2.24, 2.45) is 5.73 Å². The van der Waals surface area contributed by atoms with Crippen molar-refractivity contribution < 1.29 is 9.53 Å². The van der Waals surface area contributed by atoms with Gasteiger partial charge in [0.05, 0.1) is 0 Å². The Morgan fingerprint density at radius 3 is 2.70 bits per heavy atom. The molecule has 1 aliphatic rings. The SMILES string of the molecule is C/C(N)=C/c1cc(C2(C)CCN(C(=O)OC(C)(C)C)C2)[nH]c1N. The van der Waals surface area contributed by atoms with Gasteiger partial charge in [-0.15, -0.1) is 0 Å². The van der Waals surface area contributed by atoms with E-state index in [-0.39, 0.29) is 11.5 Å². The molecule has 1 aromatic heterocycles. The molecule has 2 rings (SSSR count). The highest BCUT2D eigenvalue weighted by molar-refractivity contribution is 5.69. The first-order valence-electron chi connectivity index (χ1n) is 7.91. The summed E-state index contributed by atoms with van der Waals surface area (Å²) >= 11 is 0. The maximum absolute atomic E-state index is 12.2. The van der Waals surface area contributed by atoms with Crippen LogP contribution in [0.25, 0.3) is 6.08 Å². The lowest BCUT2D eigenvalue weighted by Crippen LogP contribution is -2.37. The monoisotopic (exact) mass is 320 g/mol. The first-order valence-corrected chi connectivity index (χ1v) is 7.91. The number of nitrogens with one attached hydrogen (secondary N) is 1. The molecule has 2 heterocycles. The fourth-order valence-electron chi connectivity index (χ4n) is 2.84. The van der Waals surface area contributed by atoms with E-state index in [0.717, 1.165) is 17.7 Å². The highest BCUT2D eigenvalue weighted by atomic mass is 16.6. The minimum atomic E-state index is -0.483. The zero-order valence-electron chi connectivity index (χ0n) is 14.7. The van der Waals surface area contributed by atoms with E-state index in [1.807, 2.05) is 39.8 Å². The molecule has 6 heteroatoms. The average Bonchev–Trinajstić information content (AvgIpc) is 2.93. The molecule has 1 fully saturated rings. The van der Waals surface area contributed by atoms with Gasteiger partial charge in [-0.2, -0.15) is 0 Å². The third kappa shape index (κ3) is 4.00. The normalized spacial score (nSPS) is 22.5. The number of anilines is 1. The summed E-state index contributed by atoms with van der Waals surface area (Å²) in [5.74, 6) is 0.599. The molecule has 23 heavy (non-hydrogen) atoms. The molecule has 5 N–H and O–H groups in total. The first kappa shape index (κ1) is 17.2. The number of hydrogen-bond acceptors (Lipinski definition) is 4. The molecule has 0 spiro atoms. The van der Waals surface area contributed by atoms with Gasteiger partial charge in [-0.3, -0.25) is 0 Å². The Kier molecular flexibility index (Phi) is 4.37. The van der Waals surface area contributed by atoms with Crippen LogP contribution in [0.4, 0.5) is 10.6 Å². The number of H-pyrrole nitrogens is 1. The Morgan fingerprint density at radius 1 is 1.48 bits per heavy atom. The van der Waals surface area contributed by atoms with E-state index in [9.17, 15) is 4.79 Å². The summed E-state index contributed by atoms with van der Waals surface area (Å²) in [5, 5.41) is 0. The van der Waals surface area contributed by atoms with Crippen LogP contribution in [0.2, 0.25) is 0 Å². The summed E-state index contributed by atoms with van der Waals surface area (Å²) in [4.78, 5) is 17.2. The average molecular weight is 320 g/mol. The summed E-state index contributed by atoms with van der Waals surface area (Å²) in [6.07, 6.45) is 2.44. The van der Waals surface area contributed by atoms with Crippen LogP contribution < -0.4 is 11.5 Å². The lowest BCUT2D eigenvalue weighted by Gasteiger charge is -2.26. The molecule has 1 atom stereocenters. The summed E-state index contributed by atoms with van der Waals surface area (Å²) in [6, 6.07) is 2.02. The third-order valence-corrected chi connectivity index (χ3v) is 4.04. The summed E-state index contributed by atoms with van der Waals surface area (Å²) < 4.78 is 5.46. The van der Waals surface area contributed by atoms with Crippen molar-refractivity contribution in [2.75, 3.05) is 18.8 Å². The molecule has 1 aromatic rings. The van der Waals surface area contributed by atoms with Gasteiger partial charge in [-0.1, -0.05) is 6.92 Å². The summed E-state index contributed by atoms with van der Waals surface area (Å²) in [5.41, 5.74) is 13.7. The Labute approximate surface area is 137 Å². The number of carbonyl (C=O) groups excluding carboxylic acids is 1. The minimum absolute atomic E-state index is 0.167. The number of aromatic nitrogens is 1. The van der Waals surface area contributed by atoms with Crippen LogP contribution in [0.5, 0.6) is 0 Å². The second kappa shape index (κ2) is 5.83. The fourth-order valence-corrected chi connectivity index (χ4v) is 2.84. The van der Waals surface area contributed by atoms with Crippen LogP contribution in [0.15, 0.2) is 11.8 Å². The third-order valence-electron chi connectivity index (χ3n) is 4.04. The molecular formula is C17H28N4O2. The number of ether oxygens (including phenoxy) is 1. The summed E-state index contributed by atoms with van der Waals surface area (Å²) in [7, 11) is 0. The van der Waals surface area contributed by atoms with Gasteiger partial charge >= 0.3 is 6.09 Å². The Hall–Kier alpha value is -2.11. The molecule has 128 valence electrons. The van der Waals surface area contributed by atoms with Crippen molar-refractivity contribution in [3.8, 4) is 0 Å². The number of hydrogen-bond donors (Lipinski definition) is 3. The van der Waals surface area contributed by atoms with Crippen molar-refractivity contribution >= 4 is 18.0 Å². The predicted molar refractivity (Wildman–Crippen MR) is 92.8 cm³/mol. The van der Waals surface area contributed by atoms with Crippen LogP contribution in [-0.2, 0) is 10.2 Å². The second-order valence-electron chi connectivity index (χ2n) is 7.65. The molecule has 6 nitrogen and oxygen atoms in total. The molecule has 1 unspecified atom stereocenters. The number of nitrogens with zero attached hydrogens (tertiary/aromatic N) is 1. The smallest absolute Gasteiger partial charge is 0.410 e. The largest absolute Gasteiger partial charge is 0.444 e. The van der Waals surface area contributed by atoms with E-state index in [0.29, 0.717) is 24.6 Å². The number of allylic oxidation sites excluding steroid dienone is 1. The number of aromatic amines is 1. The molecule has 0 saturated carbocycles. The number of nitrogen functional groups attached to an aromatic ring is 1. The van der Waals surface area contributed by atoms with Gasteiger partial charge in [0.25, 0.3) is 0 Å². The maximum atomic E-state index is 12.2. The molecular weight excluding hydrogens is 292 g/mol. The zero-order chi connectivity index (χ0) is 17.4. The van der Waals surface area contributed by atoms with E-state index in [1.54, 1.807) is 4.90 Å². The van der Waals surface area contributed by atoms with E-state index in [4.69, 9.17) is 16.2 Å². The summed E-state index contributed by atoms with van der Waals surface area (Å²) in [6.45, 7) is 10.9. The quantitative estimate of drug-likeness (QED) is 0.780. The van der Waals surface area contributed by atoms with Gasteiger partial charge in [0.15, 0.2) is 0 Å². The van der Waals surface area contributed by atoms with Crippen molar-refractivity contribution in [1.29, 1.82) is 0 Å². The Balaban J connectivity index is 2.15. The van der Waals surface area contributed by atoms with Crippen molar-refractivity contribution in [2.45, 2.75) is 52.1 Å². The number of carbonyl (C=O) groups is 1. The van der Waals surface area contributed by atoms with Crippen molar-refractivity contribution in [3.63, 3.8) is 0 Å². The zero-order valence-corrected chi connectivity index (χ0v) is 14.7. The van der Waals surface area contributed by atoms with E-state index >= 15 is 0 Å².